The molecule has 2 aliphatic rings. The van der Waals surface area contributed by atoms with Gasteiger partial charge in [-0.3, -0.25) is 9.59 Å². The largest absolute Gasteiger partial charge is 0.507 e. The average molecular weight is 565 g/mol. The Labute approximate surface area is 243 Å². The summed E-state index contributed by atoms with van der Waals surface area (Å²) in [6, 6.07) is 10.2. The standard InChI is InChI=1S/C33H44N2O6/c1-6-10-18-40-27-15-12-23(21-28(27)39-9-4)30-29(31(36)24-13-14-26-25(20-24)19-22(5)41-26)32(37)33(38)35(30)17-11-16-34(7-2)8-3/h12-15,20-22,30,36H,6-11,16-19H2,1-5H3/b31-29+/t22-,30-/m0/s1. The average Bonchev–Trinajstić information content (AvgIpc) is 3.46. The number of aliphatic hydroxyl groups excluding tert-OH is 1. The third-order valence-corrected chi connectivity index (χ3v) is 7.82. The number of carbonyl (C=O) groups excluding carboxylic acids is 2. The van der Waals surface area contributed by atoms with Crippen molar-refractivity contribution in [3.63, 3.8) is 0 Å². The van der Waals surface area contributed by atoms with Crippen molar-refractivity contribution in [3.05, 3.63) is 58.7 Å². The van der Waals surface area contributed by atoms with Crippen molar-refractivity contribution in [2.45, 2.75) is 72.4 Å². The predicted molar refractivity (Wildman–Crippen MR) is 160 cm³/mol. The number of unbranched alkanes of at least 4 members (excludes halogenated alkanes) is 1. The van der Waals surface area contributed by atoms with Crippen LogP contribution in [-0.4, -0.2) is 72.1 Å². The van der Waals surface area contributed by atoms with Gasteiger partial charge < -0.3 is 29.1 Å². The number of rotatable bonds is 14. The lowest BCUT2D eigenvalue weighted by atomic mass is 9.94. The fraction of sp³-hybridized carbons (Fsp3) is 0.515. The van der Waals surface area contributed by atoms with Crippen molar-refractivity contribution in [1.82, 2.24) is 9.80 Å². The lowest BCUT2D eigenvalue weighted by molar-refractivity contribution is -0.140. The molecule has 41 heavy (non-hydrogen) atoms. The third-order valence-electron chi connectivity index (χ3n) is 7.82. The number of nitrogens with zero attached hydrogens (tertiary/aromatic N) is 2. The molecule has 0 aliphatic carbocycles. The molecule has 4 rings (SSSR count). The van der Waals surface area contributed by atoms with Gasteiger partial charge >= 0.3 is 0 Å². The summed E-state index contributed by atoms with van der Waals surface area (Å²) in [5, 5.41) is 11.6. The van der Waals surface area contributed by atoms with Gasteiger partial charge in [-0.1, -0.05) is 33.3 Å². The SMILES string of the molecule is CCCCOc1ccc([C@H]2/C(=C(\O)c3ccc4c(c3)C[C@H](C)O4)C(=O)C(=O)N2CCCN(CC)CC)cc1OCC. The molecule has 8 nitrogen and oxygen atoms in total. The van der Waals surface area contributed by atoms with Crippen LogP contribution in [0.2, 0.25) is 0 Å². The number of hydrogen-bond acceptors (Lipinski definition) is 7. The highest BCUT2D eigenvalue weighted by Gasteiger charge is 2.46. The molecule has 2 aromatic rings. The molecule has 1 N–H and O–H groups in total. The highest BCUT2D eigenvalue weighted by molar-refractivity contribution is 6.46. The summed E-state index contributed by atoms with van der Waals surface area (Å²) < 4.78 is 17.7. The zero-order chi connectivity index (χ0) is 29.5. The quantitative estimate of drug-likeness (QED) is 0.135. The monoisotopic (exact) mass is 564 g/mol. The molecule has 0 spiro atoms. The smallest absolute Gasteiger partial charge is 0.295 e. The van der Waals surface area contributed by atoms with E-state index in [-0.39, 0.29) is 17.4 Å². The molecule has 1 amide bonds. The molecule has 0 radical (unpaired) electrons. The summed E-state index contributed by atoms with van der Waals surface area (Å²) in [6.45, 7) is 14.2. The minimum Gasteiger partial charge on any atom is -0.507 e. The van der Waals surface area contributed by atoms with Gasteiger partial charge in [-0.25, -0.2) is 0 Å². The highest BCUT2D eigenvalue weighted by atomic mass is 16.5. The van der Waals surface area contributed by atoms with E-state index < -0.39 is 17.7 Å². The van der Waals surface area contributed by atoms with Crippen LogP contribution in [-0.2, 0) is 16.0 Å². The van der Waals surface area contributed by atoms with Gasteiger partial charge in [0.2, 0.25) is 0 Å². The Bertz CT molecular complexity index is 1270. The molecule has 0 saturated carbocycles. The molecule has 2 heterocycles. The van der Waals surface area contributed by atoms with E-state index in [2.05, 4.69) is 25.7 Å². The Balaban J connectivity index is 1.76. The second kappa shape index (κ2) is 13.9. The normalized spacial score (nSPS) is 19.5. The molecular weight excluding hydrogens is 520 g/mol. The summed E-state index contributed by atoms with van der Waals surface area (Å²) in [4.78, 5) is 30.9. The molecular formula is C33H44N2O6. The zero-order valence-electron chi connectivity index (χ0n) is 25.1. The van der Waals surface area contributed by atoms with Crippen molar-refractivity contribution in [3.8, 4) is 17.2 Å². The molecule has 2 aliphatic heterocycles. The summed E-state index contributed by atoms with van der Waals surface area (Å²) in [7, 11) is 0. The zero-order valence-corrected chi connectivity index (χ0v) is 25.1. The number of hydrogen-bond donors (Lipinski definition) is 1. The van der Waals surface area contributed by atoms with Crippen LogP contribution in [0.1, 0.15) is 76.6 Å². The van der Waals surface area contributed by atoms with Crippen molar-refractivity contribution >= 4 is 17.4 Å². The molecule has 0 aromatic heterocycles. The number of ether oxygens (including phenoxy) is 3. The van der Waals surface area contributed by atoms with Gasteiger partial charge in [0.25, 0.3) is 11.7 Å². The van der Waals surface area contributed by atoms with Crippen molar-refractivity contribution in [2.75, 3.05) is 39.4 Å². The first kappa shape index (κ1) is 30.4. The Hall–Kier alpha value is -3.52. The van der Waals surface area contributed by atoms with Crippen LogP contribution in [0.25, 0.3) is 5.76 Å². The van der Waals surface area contributed by atoms with Crippen LogP contribution in [0, 0.1) is 0 Å². The topological polar surface area (TPSA) is 88.5 Å². The summed E-state index contributed by atoms with van der Waals surface area (Å²) in [5.74, 6) is 0.497. The van der Waals surface area contributed by atoms with Gasteiger partial charge in [0.1, 0.15) is 17.6 Å². The Morgan fingerprint density at radius 3 is 2.51 bits per heavy atom. The molecule has 2 atom stereocenters. The summed E-state index contributed by atoms with van der Waals surface area (Å²) in [5.41, 5.74) is 2.25. The van der Waals surface area contributed by atoms with Crippen molar-refractivity contribution in [2.24, 2.45) is 0 Å². The predicted octanol–water partition coefficient (Wildman–Crippen LogP) is 5.74. The first-order valence-electron chi connectivity index (χ1n) is 15.0. The molecule has 8 heteroatoms. The van der Waals surface area contributed by atoms with E-state index in [4.69, 9.17) is 14.2 Å². The summed E-state index contributed by atoms with van der Waals surface area (Å²) in [6.07, 6.45) is 3.41. The summed E-state index contributed by atoms with van der Waals surface area (Å²) >= 11 is 0. The first-order chi connectivity index (χ1) is 19.8. The van der Waals surface area contributed by atoms with E-state index in [9.17, 15) is 14.7 Å². The lowest BCUT2D eigenvalue weighted by Crippen LogP contribution is -2.33. The van der Waals surface area contributed by atoms with E-state index in [1.165, 1.54) is 0 Å². The van der Waals surface area contributed by atoms with Gasteiger partial charge in [-0.05, 0) is 87.8 Å². The van der Waals surface area contributed by atoms with Gasteiger partial charge in [0, 0.05) is 18.5 Å². The molecule has 0 bridgehead atoms. The van der Waals surface area contributed by atoms with Crippen molar-refractivity contribution in [1.29, 1.82) is 0 Å². The minimum absolute atomic E-state index is 0.0498. The third kappa shape index (κ3) is 6.70. The van der Waals surface area contributed by atoms with Gasteiger partial charge in [0.05, 0.1) is 24.8 Å². The van der Waals surface area contributed by atoms with Crippen LogP contribution in [0.15, 0.2) is 42.0 Å². The van der Waals surface area contributed by atoms with E-state index in [0.717, 1.165) is 50.2 Å². The van der Waals surface area contributed by atoms with E-state index in [1.54, 1.807) is 11.0 Å². The fourth-order valence-electron chi connectivity index (χ4n) is 5.60. The fourth-order valence-corrected chi connectivity index (χ4v) is 5.60. The number of amides is 1. The Kier molecular flexibility index (Phi) is 10.3. The number of carbonyl (C=O) groups is 2. The van der Waals surface area contributed by atoms with Gasteiger partial charge in [-0.2, -0.15) is 0 Å². The van der Waals surface area contributed by atoms with Gasteiger partial charge in [0.15, 0.2) is 11.5 Å². The van der Waals surface area contributed by atoms with Crippen LogP contribution in [0.3, 0.4) is 0 Å². The number of likely N-dealkylation sites (tertiary alicyclic amines) is 1. The van der Waals surface area contributed by atoms with Crippen LogP contribution in [0.5, 0.6) is 17.2 Å². The maximum absolute atomic E-state index is 13.6. The minimum atomic E-state index is -0.751. The van der Waals surface area contributed by atoms with Crippen molar-refractivity contribution < 1.29 is 28.9 Å². The highest BCUT2D eigenvalue weighted by Crippen LogP contribution is 2.43. The number of benzene rings is 2. The second-order valence-electron chi connectivity index (χ2n) is 10.7. The van der Waals surface area contributed by atoms with Crippen LogP contribution in [0.4, 0.5) is 0 Å². The number of ketones is 1. The number of fused-ring (bicyclic) bond motifs is 1. The van der Waals surface area contributed by atoms with E-state index in [0.29, 0.717) is 48.8 Å². The first-order valence-corrected chi connectivity index (χ1v) is 15.0. The molecule has 222 valence electrons. The Morgan fingerprint density at radius 1 is 1.02 bits per heavy atom. The number of aliphatic hydroxyl groups is 1. The van der Waals surface area contributed by atoms with E-state index >= 15 is 0 Å². The molecule has 1 saturated heterocycles. The lowest BCUT2D eigenvalue weighted by Gasteiger charge is -2.27. The maximum Gasteiger partial charge on any atom is 0.295 e. The van der Waals surface area contributed by atoms with Crippen LogP contribution < -0.4 is 14.2 Å². The van der Waals surface area contributed by atoms with Gasteiger partial charge in [-0.15, -0.1) is 0 Å². The van der Waals surface area contributed by atoms with Crippen LogP contribution >= 0.6 is 0 Å². The molecule has 0 unspecified atom stereocenters. The number of Topliss-reactive ketones (excluding diaryl/α,β-unsaturated/α-hetero) is 1. The molecule has 1 fully saturated rings. The maximum atomic E-state index is 13.6. The Morgan fingerprint density at radius 2 is 1.80 bits per heavy atom. The van der Waals surface area contributed by atoms with E-state index in [1.807, 2.05) is 44.2 Å². The second-order valence-corrected chi connectivity index (χ2v) is 10.7. The molecule has 2 aromatic carbocycles.